The molecule has 1 rings (SSSR count). The van der Waals surface area contributed by atoms with E-state index in [1.807, 2.05) is 0 Å². The molecule has 0 spiro atoms. The number of rotatable bonds is 3. The molecule has 0 aromatic heterocycles. The average Bonchev–Trinajstić information content (AvgIpc) is 2.15. The fourth-order valence-corrected chi connectivity index (χ4v) is 1.53. The van der Waals surface area contributed by atoms with Crippen LogP contribution in [0.5, 0.6) is 0 Å². The first kappa shape index (κ1) is 13.5. The van der Waals surface area contributed by atoms with Crippen LogP contribution in [0.2, 0.25) is 0 Å². The molecule has 17 heavy (non-hydrogen) atoms. The number of carbonyl (C=O) groups excluding carboxylic acids is 1. The molecular formula is C12H13F3O2. The van der Waals surface area contributed by atoms with Gasteiger partial charge in [0.2, 0.25) is 0 Å². The quantitative estimate of drug-likeness (QED) is 0.765. The highest BCUT2D eigenvalue weighted by Gasteiger charge is 2.30. The van der Waals surface area contributed by atoms with E-state index in [-0.39, 0.29) is 6.42 Å². The molecule has 1 aromatic carbocycles. The van der Waals surface area contributed by atoms with Crippen LogP contribution in [0.15, 0.2) is 24.3 Å². The van der Waals surface area contributed by atoms with Gasteiger partial charge in [-0.3, -0.25) is 4.79 Å². The third kappa shape index (κ3) is 4.46. The number of halogens is 3. The van der Waals surface area contributed by atoms with Gasteiger partial charge in [-0.2, -0.15) is 13.2 Å². The van der Waals surface area contributed by atoms with Crippen molar-refractivity contribution in [1.29, 1.82) is 0 Å². The number of benzene rings is 1. The summed E-state index contributed by atoms with van der Waals surface area (Å²) in [6.45, 7) is 2.91. The first-order valence-corrected chi connectivity index (χ1v) is 5.12. The summed E-state index contributed by atoms with van der Waals surface area (Å²) >= 11 is 0. The Hall–Kier alpha value is -1.52. The van der Waals surface area contributed by atoms with Gasteiger partial charge in [0.15, 0.2) is 0 Å². The Morgan fingerprint density at radius 2 is 2.06 bits per heavy atom. The van der Waals surface area contributed by atoms with Crippen molar-refractivity contribution in [1.82, 2.24) is 0 Å². The zero-order valence-electron chi connectivity index (χ0n) is 9.54. The third-order valence-corrected chi connectivity index (χ3v) is 2.14. The fraction of sp³-hybridized carbons (Fsp3) is 0.417. The second kappa shape index (κ2) is 5.21. The van der Waals surface area contributed by atoms with Crippen molar-refractivity contribution in [2.45, 2.75) is 32.5 Å². The standard InChI is InChI=1S/C12H13F3O2/c1-8(17-9(2)16)6-10-4-3-5-11(7-10)12(13,14)15/h3-5,7-8H,6H2,1-2H3. The lowest BCUT2D eigenvalue weighted by Crippen LogP contribution is -2.15. The highest BCUT2D eigenvalue weighted by atomic mass is 19.4. The normalized spacial score (nSPS) is 13.2. The first-order valence-electron chi connectivity index (χ1n) is 5.12. The Balaban J connectivity index is 2.76. The van der Waals surface area contributed by atoms with E-state index in [0.29, 0.717) is 5.56 Å². The molecule has 0 saturated heterocycles. The summed E-state index contributed by atoms with van der Waals surface area (Å²) in [6.07, 6.45) is -4.51. The van der Waals surface area contributed by atoms with Crippen molar-refractivity contribution in [3.63, 3.8) is 0 Å². The van der Waals surface area contributed by atoms with E-state index in [1.54, 1.807) is 13.0 Å². The number of ether oxygens (including phenoxy) is 1. The topological polar surface area (TPSA) is 26.3 Å². The van der Waals surface area contributed by atoms with Gasteiger partial charge in [-0.1, -0.05) is 18.2 Å². The molecule has 0 aliphatic rings. The Bertz CT molecular complexity index is 399. The van der Waals surface area contributed by atoms with Crippen LogP contribution in [0.1, 0.15) is 25.0 Å². The SMILES string of the molecule is CC(=O)OC(C)Cc1cccc(C(F)(F)F)c1. The molecule has 1 unspecified atom stereocenters. The highest BCUT2D eigenvalue weighted by molar-refractivity contribution is 5.66. The van der Waals surface area contributed by atoms with Crippen LogP contribution in [-0.4, -0.2) is 12.1 Å². The molecule has 0 fully saturated rings. The Labute approximate surface area is 97.4 Å². The van der Waals surface area contributed by atoms with Gasteiger partial charge < -0.3 is 4.74 Å². The molecule has 0 N–H and O–H groups in total. The number of hydrogen-bond donors (Lipinski definition) is 0. The lowest BCUT2D eigenvalue weighted by atomic mass is 10.1. The zero-order valence-corrected chi connectivity index (χ0v) is 9.54. The van der Waals surface area contributed by atoms with Crippen molar-refractivity contribution in [2.24, 2.45) is 0 Å². The minimum atomic E-state index is -4.35. The Morgan fingerprint density at radius 3 is 2.59 bits per heavy atom. The number of alkyl halides is 3. The van der Waals surface area contributed by atoms with Crippen LogP contribution in [0.25, 0.3) is 0 Å². The average molecular weight is 246 g/mol. The van der Waals surface area contributed by atoms with E-state index in [0.717, 1.165) is 12.1 Å². The molecule has 0 aliphatic heterocycles. The summed E-state index contributed by atoms with van der Waals surface area (Å²) < 4.78 is 42.1. The molecule has 2 nitrogen and oxygen atoms in total. The molecule has 94 valence electrons. The molecule has 0 heterocycles. The summed E-state index contributed by atoms with van der Waals surface area (Å²) in [7, 11) is 0. The molecule has 0 radical (unpaired) electrons. The molecule has 5 heteroatoms. The van der Waals surface area contributed by atoms with Crippen LogP contribution in [0.4, 0.5) is 13.2 Å². The summed E-state index contributed by atoms with van der Waals surface area (Å²) in [5.41, 5.74) is -0.196. The van der Waals surface area contributed by atoms with Crippen molar-refractivity contribution in [3.8, 4) is 0 Å². The van der Waals surface area contributed by atoms with Gasteiger partial charge in [0.05, 0.1) is 5.56 Å². The van der Waals surface area contributed by atoms with Crippen molar-refractivity contribution in [3.05, 3.63) is 35.4 Å². The highest BCUT2D eigenvalue weighted by Crippen LogP contribution is 2.29. The lowest BCUT2D eigenvalue weighted by molar-refractivity contribution is -0.145. The van der Waals surface area contributed by atoms with Crippen LogP contribution < -0.4 is 0 Å². The van der Waals surface area contributed by atoms with Crippen LogP contribution in [0.3, 0.4) is 0 Å². The minimum absolute atomic E-state index is 0.267. The molecule has 0 aliphatic carbocycles. The van der Waals surface area contributed by atoms with Gasteiger partial charge in [0.25, 0.3) is 0 Å². The van der Waals surface area contributed by atoms with Gasteiger partial charge in [0.1, 0.15) is 6.10 Å². The second-order valence-electron chi connectivity index (χ2n) is 3.82. The second-order valence-corrected chi connectivity index (χ2v) is 3.82. The summed E-state index contributed by atoms with van der Waals surface area (Å²) in [5, 5.41) is 0. The van der Waals surface area contributed by atoms with Crippen LogP contribution in [-0.2, 0) is 22.1 Å². The largest absolute Gasteiger partial charge is 0.463 e. The van der Waals surface area contributed by atoms with Crippen molar-refractivity contribution < 1.29 is 22.7 Å². The smallest absolute Gasteiger partial charge is 0.416 e. The molecular weight excluding hydrogens is 233 g/mol. The van der Waals surface area contributed by atoms with E-state index in [9.17, 15) is 18.0 Å². The number of carbonyl (C=O) groups is 1. The van der Waals surface area contributed by atoms with Gasteiger partial charge in [0, 0.05) is 13.3 Å². The number of hydrogen-bond acceptors (Lipinski definition) is 2. The summed E-state index contributed by atoms with van der Waals surface area (Å²) in [5.74, 6) is -0.440. The third-order valence-electron chi connectivity index (χ3n) is 2.14. The molecule has 1 aromatic rings. The predicted molar refractivity (Wildman–Crippen MR) is 56.4 cm³/mol. The van der Waals surface area contributed by atoms with Crippen molar-refractivity contribution in [2.75, 3.05) is 0 Å². The molecule has 0 bridgehead atoms. The maximum absolute atomic E-state index is 12.4. The number of esters is 1. The van der Waals surface area contributed by atoms with Gasteiger partial charge in [-0.15, -0.1) is 0 Å². The van der Waals surface area contributed by atoms with E-state index in [1.165, 1.54) is 13.0 Å². The Kier molecular flexibility index (Phi) is 4.15. The van der Waals surface area contributed by atoms with E-state index in [2.05, 4.69) is 0 Å². The Morgan fingerprint density at radius 1 is 1.41 bits per heavy atom. The molecule has 0 amide bonds. The minimum Gasteiger partial charge on any atom is -0.463 e. The predicted octanol–water partition coefficient (Wildman–Crippen LogP) is 3.20. The summed E-state index contributed by atoms with van der Waals surface area (Å²) in [4.78, 5) is 10.7. The first-order chi connectivity index (χ1) is 7.79. The maximum atomic E-state index is 12.4. The monoisotopic (exact) mass is 246 g/mol. The van der Waals surface area contributed by atoms with E-state index in [4.69, 9.17) is 4.74 Å². The van der Waals surface area contributed by atoms with Gasteiger partial charge >= 0.3 is 12.1 Å². The molecule has 0 saturated carbocycles. The zero-order chi connectivity index (χ0) is 13.1. The van der Waals surface area contributed by atoms with E-state index >= 15 is 0 Å². The fourth-order valence-electron chi connectivity index (χ4n) is 1.53. The van der Waals surface area contributed by atoms with Crippen LogP contribution >= 0.6 is 0 Å². The van der Waals surface area contributed by atoms with Gasteiger partial charge in [-0.25, -0.2) is 0 Å². The lowest BCUT2D eigenvalue weighted by Gasteiger charge is -2.13. The van der Waals surface area contributed by atoms with Crippen molar-refractivity contribution >= 4 is 5.97 Å². The van der Waals surface area contributed by atoms with E-state index < -0.39 is 23.8 Å². The van der Waals surface area contributed by atoms with Gasteiger partial charge in [-0.05, 0) is 18.6 Å². The van der Waals surface area contributed by atoms with Crippen LogP contribution in [0, 0.1) is 0 Å². The summed E-state index contributed by atoms with van der Waals surface area (Å²) in [6, 6.07) is 5.01. The molecule has 1 atom stereocenters. The maximum Gasteiger partial charge on any atom is 0.416 e.